The third-order valence-electron chi connectivity index (χ3n) is 2.28. The summed E-state index contributed by atoms with van der Waals surface area (Å²) in [4.78, 5) is 13.2. The average Bonchev–Trinajstić information content (AvgIpc) is 2.45. The van der Waals surface area contributed by atoms with Gasteiger partial charge < -0.3 is 4.90 Å². The van der Waals surface area contributed by atoms with Gasteiger partial charge in [0.25, 0.3) is 0 Å². The molecule has 1 fully saturated rings. The zero-order valence-corrected chi connectivity index (χ0v) is 10.6. The van der Waals surface area contributed by atoms with Crippen LogP contribution in [-0.4, -0.2) is 17.8 Å². The molecule has 0 spiro atoms. The Morgan fingerprint density at radius 1 is 1.53 bits per heavy atom. The van der Waals surface area contributed by atoms with Crippen LogP contribution in [0.15, 0.2) is 18.2 Å². The van der Waals surface area contributed by atoms with Gasteiger partial charge in [-0.05, 0) is 40.8 Å². The predicted octanol–water partition coefficient (Wildman–Crippen LogP) is 2.77. The second kappa shape index (κ2) is 4.25. The summed E-state index contributed by atoms with van der Waals surface area (Å²) in [7, 11) is 0. The smallest absolute Gasteiger partial charge is 0.228 e. The van der Waals surface area contributed by atoms with E-state index in [1.807, 2.05) is 22.6 Å². The largest absolute Gasteiger partial charge is 0.310 e. The average molecular weight is 340 g/mol. The van der Waals surface area contributed by atoms with Crippen LogP contribution in [0.25, 0.3) is 0 Å². The molecule has 80 valence electrons. The maximum absolute atomic E-state index is 12.9. The quantitative estimate of drug-likeness (QED) is 0.569. The summed E-state index contributed by atoms with van der Waals surface area (Å²) in [5.41, 5.74) is 0.741. The van der Waals surface area contributed by atoms with Crippen molar-refractivity contribution in [3.63, 3.8) is 0 Å². The minimum atomic E-state index is -0.294. The summed E-state index contributed by atoms with van der Waals surface area (Å²) in [6.45, 7) is 0.502. The van der Waals surface area contributed by atoms with Crippen LogP contribution in [-0.2, 0) is 4.79 Å². The Morgan fingerprint density at radius 2 is 2.27 bits per heavy atom. The van der Waals surface area contributed by atoms with Crippen molar-refractivity contribution in [3.8, 4) is 0 Å². The Kier molecular flexibility index (Phi) is 3.16. The lowest BCUT2D eigenvalue weighted by atomic mass is 10.3. The van der Waals surface area contributed by atoms with E-state index in [0.717, 1.165) is 9.26 Å². The number of alkyl halides is 1. The second-order valence-corrected chi connectivity index (χ2v) is 5.18. The summed E-state index contributed by atoms with van der Waals surface area (Å²) in [5.74, 6) is -0.295. The Morgan fingerprint density at radius 3 is 2.80 bits per heavy atom. The maximum atomic E-state index is 12.9. The van der Waals surface area contributed by atoms with Gasteiger partial charge in [-0.2, -0.15) is 0 Å². The summed E-state index contributed by atoms with van der Waals surface area (Å²) in [5, 5.41) is -0.140. The molecule has 15 heavy (non-hydrogen) atoms. The van der Waals surface area contributed by atoms with Crippen LogP contribution in [0, 0.1) is 9.39 Å². The van der Waals surface area contributed by atoms with Crippen molar-refractivity contribution in [2.24, 2.45) is 0 Å². The molecule has 1 aromatic carbocycles. The molecular formula is C10H8ClFINO. The van der Waals surface area contributed by atoms with Gasteiger partial charge in [0.2, 0.25) is 5.91 Å². The van der Waals surface area contributed by atoms with Gasteiger partial charge in [0.15, 0.2) is 0 Å². The summed E-state index contributed by atoms with van der Waals surface area (Å²) in [6.07, 6.45) is 0.356. The number of rotatable bonds is 1. The predicted molar refractivity (Wildman–Crippen MR) is 65.7 cm³/mol. The molecular weight excluding hydrogens is 331 g/mol. The van der Waals surface area contributed by atoms with E-state index in [4.69, 9.17) is 11.6 Å². The topological polar surface area (TPSA) is 20.3 Å². The monoisotopic (exact) mass is 339 g/mol. The van der Waals surface area contributed by atoms with Crippen molar-refractivity contribution in [2.75, 3.05) is 11.4 Å². The van der Waals surface area contributed by atoms with E-state index in [1.165, 1.54) is 12.1 Å². The van der Waals surface area contributed by atoms with Crippen LogP contribution in [0.3, 0.4) is 0 Å². The minimum absolute atomic E-state index is 0.000441. The third kappa shape index (κ3) is 2.25. The molecule has 0 N–H and O–H groups in total. The number of carbonyl (C=O) groups is 1. The SMILES string of the molecule is O=C1CC(Cl)CN1c1ccc(F)cc1I. The van der Waals surface area contributed by atoms with Crippen LogP contribution in [0.1, 0.15) is 6.42 Å². The van der Waals surface area contributed by atoms with Crippen LogP contribution < -0.4 is 4.90 Å². The van der Waals surface area contributed by atoms with Gasteiger partial charge in [0.1, 0.15) is 5.82 Å². The number of carbonyl (C=O) groups excluding carboxylic acids is 1. The molecule has 1 amide bonds. The zero-order valence-electron chi connectivity index (χ0n) is 7.71. The molecule has 0 saturated carbocycles. The lowest BCUT2D eigenvalue weighted by Gasteiger charge is -2.17. The maximum Gasteiger partial charge on any atom is 0.228 e. The Balaban J connectivity index is 2.34. The van der Waals surface area contributed by atoms with Crippen LogP contribution >= 0.6 is 34.2 Å². The van der Waals surface area contributed by atoms with E-state index in [9.17, 15) is 9.18 Å². The van der Waals surface area contributed by atoms with Crippen LogP contribution in [0.2, 0.25) is 0 Å². The highest BCUT2D eigenvalue weighted by atomic mass is 127. The molecule has 2 rings (SSSR count). The van der Waals surface area contributed by atoms with Crippen molar-refractivity contribution >= 4 is 45.8 Å². The summed E-state index contributed by atoms with van der Waals surface area (Å²) < 4.78 is 13.6. The standard InChI is InChI=1S/C10H8ClFINO/c11-6-3-10(15)14(5-6)9-2-1-7(12)4-8(9)13/h1-2,4,6H,3,5H2. The Hall–Kier alpha value is -0.360. The van der Waals surface area contributed by atoms with E-state index in [0.29, 0.717) is 13.0 Å². The first-order valence-electron chi connectivity index (χ1n) is 4.47. The van der Waals surface area contributed by atoms with Gasteiger partial charge in [0, 0.05) is 16.5 Å². The fourth-order valence-electron chi connectivity index (χ4n) is 1.60. The van der Waals surface area contributed by atoms with Crippen LogP contribution in [0.5, 0.6) is 0 Å². The number of anilines is 1. The first-order chi connectivity index (χ1) is 7.08. The number of hydrogen-bond acceptors (Lipinski definition) is 1. The van der Waals surface area contributed by atoms with Crippen molar-refractivity contribution in [1.82, 2.24) is 0 Å². The van der Waals surface area contributed by atoms with Crippen molar-refractivity contribution in [3.05, 3.63) is 27.6 Å². The molecule has 0 bridgehead atoms. The molecule has 1 aliphatic rings. The highest BCUT2D eigenvalue weighted by Gasteiger charge is 2.30. The zero-order chi connectivity index (χ0) is 11.0. The third-order valence-corrected chi connectivity index (χ3v) is 3.43. The molecule has 1 aliphatic heterocycles. The van der Waals surface area contributed by atoms with Crippen LogP contribution in [0.4, 0.5) is 10.1 Å². The normalized spacial score (nSPS) is 21.1. The van der Waals surface area contributed by atoms with Crippen molar-refractivity contribution in [2.45, 2.75) is 11.8 Å². The lowest BCUT2D eigenvalue weighted by molar-refractivity contribution is -0.117. The molecule has 1 heterocycles. The second-order valence-electron chi connectivity index (χ2n) is 3.40. The molecule has 1 atom stereocenters. The molecule has 5 heteroatoms. The molecule has 1 unspecified atom stereocenters. The van der Waals surface area contributed by atoms with Gasteiger partial charge in [-0.1, -0.05) is 0 Å². The Labute approximate surface area is 106 Å². The van der Waals surface area contributed by atoms with E-state index >= 15 is 0 Å². The minimum Gasteiger partial charge on any atom is -0.310 e. The first kappa shape index (κ1) is 11.1. The van der Waals surface area contributed by atoms with E-state index in [1.54, 1.807) is 11.0 Å². The summed E-state index contributed by atoms with van der Waals surface area (Å²) >= 11 is 7.91. The van der Waals surface area contributed by atoms with Gasteiger partial charge in [-0.15, -0.1) is 11.6 Å². The fourth-order valence-corrected chi connectivity index (χ4v) is 2.64. The van der Waals surface area contributed by atoms with Gasteiger partial charge >= 0.3 is 0 Å². The first-order valence-corrected chi connectivity index (χ1v) is 5.99. The summed E-state index contributed by atoms with van der Waals surface area (Å²) in [6, 6.07) is 4.38. The highest BCUT2D eigenvalue weighted by molar-refractivity contribution is 14.1. The number of nitrogens with zero attached hydrogens (tertiary/aromatic N) is 1. The lowest BCUT2D eigenvalue weighted by Crippen LogP contribution is -2.25. The molecule has 0 radical (unpaired) electrons. The van der Waals surface area contributed by atoms with Gasteiger partial charge in [0.05, 0.1) is 11.1 Å². The number of halogens is 3. The molecule has 2 nitrogen and oxygen atoms in total. The van der Waals surface area contributed by atoms with Crippen molar-refractivity contribution < 1.29 is 9.18 Å². The van der Waals surface area contributed by atoms with Gasteiger partial charge in [-0.25, -0.2) is 4.39 Å². The molecule has 1 saturated heterocycles. The van der Waals surface area contributed by atoms with E-state index in [2.05, 4.69) is 0 Å². The molecule has 0 aromatic heterocycles. The molecule has 1 aromatic rings. The van der Waals surface area contributed by atoms with E-state index in [-0.39, 0.29) is 17.1 Å². The number of hydrogen-bond donors (Lipinski definition) is 0. The highest BCUT2D eigenvalue weighted by Crippen LogP contribution is 2.28. The Bertz CT molecular complexity index is 412. The number of benzene rings is 1. The fraction of sp³-hybridized carbons (Fsp3) is 0.300. The van der Waals surface area contributed by atoms with Gasteiger partial charge in [-0.3, -0.25) is 4.79 Å². The number of amides is 1. The molecule has 0 aliphatic carbocycles. The van der Waals surface area contributed by atoms with E-state index < -0.39 is 0 Å². The van der Waals surface area contributed by atoms with Crippen molar-refractivity contribution in [1.29, 1.82) is 0 Å².